The van der Waals surface area contributed by atoms with Gasteiger partial charge in [-0.1, -0.05) is 126 Å². The van der Waals surface area contributed by atoms with Gasteiger partial charge >= 0.3 is 11.9 Å². The molecule has 0 bridgehead atoms. The maximum Gasteiger partial charge on any atom is 0.326 e. The van der Waals surface area contributed by atoms with Crippen LogP contribution >= 0.6 is 23.2 Å². The van der Waals surface area contributed by atoms with Crippen LogP contribution in [0.1, 0.15) is 69.7 Å². The molecule has 2 saturated heterocycles. The van der Waals surface area contributed by atoms with Gasteiger partial charge in [-0.05, 0) is 72.2 Å². The fourth-order valence-corrected chi connectivity index (χ4v) is 8.44. The van der Waals surface area contributed by atoms with Gasteiger partial charge < -0.3 is 24.7 Å². The molecular weight excluding hydrogens is 803 g/mol. The second-order valence-corrected chi connectivity index (χ2v) is 15.1. The average molecular weight is 844 g/mol. The number of rotatable bonds is 9. The number of carbonyl (C=O) groups is 4. The molecule has 2 N–H and O–H groups in total. The molecule has 13 heteroatoms. The molecule has 60 heavy (non-hydrogen) atoms. The smallest absolute Gasteiger partial charge is 0.326 e. The Morgan fingerprint density at radius 2 is 1.08 bits per heavy atom. The predicted octanol–water partition coefficient (Wildman–Crippen LogP) is 9.67. The molecule has 2 aliphatic rings. The molecule has 1 aromatic heterocycles. The minimum Gasteiger partial charge on any atom is -0.496 e. The molecule has 2 fully saturated rings. The van der Waals surface area contributed by atoms with Crippen molar-refractivity contribution in [3.63, 3.8) is 0 Å². The molecule has 2 aliphatic heterocycles. The van der Waals surface area contributed by atoms with E-state index in [1.807, 2.05) is 97.1 Å². The quantitative estimate of drug-likeness (QED) is 0.145. The molecule has 11 nitrogen and oxygen atoms in total. The van der Waals surface area contributed by atoms with Crippen LogP contribution in [0.25, 0.3) is 22.4 Å². The maximum atomic E-state index is 13.6. The molecule has 6 aromatic rings. The lowest BCUT2D eigenvalue weighted by Crippen LogP contribution is -2.42. The summed E-state index contributed by atoms with van der Waals surface area (Å²) >= 11 is 12.7. The molecule has 0 aliphatic carbocycles. The Kier molecular flexibility index (Phi) is 12.9. The number of aromatic nitrogens is 2. The van der Waals surface area contributed by atoms with Crippen molar-refractivity contribution in [3.8, 4) is 28.1 Å². The number of methoxy groups -OCH3 is 1. The standard InChI is InChI=1S/C25H22ClNO4.C22H18ClN3O3/c1-31-23-15-17(16-7-3-2-4-8-16)11-12-19(23)24(28)27-21(13-14-22(27)25(29)30)18-9-5-6-10-20(18)26;23-16-9-5-4-8-15(16)19-10-11-20(22(28)29)26(19)21(27)18-13-24-17(12-25-18)14-6-2-1-3-7-14/h2-12,15,21-22H,13-14H2,1H3,(H,29,30);1-9,12-13,19-20H,10-11H2,(H,28,29)/t21-,22+;19-,20+/m11/s1. The van der Waals surface area contributed by atoms with Crippen LogP contribution in [0, 0.1) is 0 Å². The Labute approximate surface area is 356 Å². The van der Waals surface area contributed by atoms with Gasteiger partial charge in [0.2, 0.25) is 0 Å². The lowest BCUT2D eigenvalue weighted by molar-refractivity contribution is -0.142. The van der Waals surface area contributed by atoms with Crippen molar-refractivity contribution in [2.45, 2.75) is 49.9 Å². The number of carboxylic acid groups (broad SMARTS) is 2. The zero-order valence-corrected chi connectivity index (χ0v) is 33.9. The molecule has 0 saturated carbocycles. The fraction of sp³-hybridized carbons (Fsp3) is 0.191. The lowest BCUT2D eigenvalue weighted by atomic mass is 10.0. The number of hydrogen-bond acceptors (Lipinski definition) is 7. The molecular formula is C47H40Cl2N4O7. The topological polar surface area (TPSA) is 150 Å². The number of benzene rings is 5. The van der Waals surface area contributed by atoms with Crippen LogP contribution in [-0.4, -0.2) is 72.9 Å². The molecule has 5 aromatic carbocycles. The molecule has 304 valence electrons. The lowest BCUT2D eigenvalue weighted by Gasteiger charge is -2.30. The minimum atomic E-state index is -1.04. The van der Waals surface area contributed by atoms with E-state index in [-0.39, 0.29) is 11.6 Å². The molecule has 8 rings (SSSR count). The van der Waals surface area contributed by atoms with Crippen LogP contribution in [0.3, 0.4) is 0 Å². The number of amides is 2. The van der Waals surface area contributed by atoms with Gasteiger partial charge in [0.25, 0.3) is 11.8 Å². The highest BCUT2D eigenvalue weighted by Crippen LogP contribution is 2.42. The normalized spacial score (nSPS) is 18.3. The second kappa shape index (κ2) is 18.6. The van der Waals surface area contributed by atoms with Crippen LogP contribution < -0.4 is 4.74 Å². The van der Waals surface area contributed by atoms with Gasteiger partial charge in [-0.3, -0.25) is 14.6 Å². The summed E-state index contributed by atoms with van der Waals surface area (Å²) in [6, 6.07) is 36.4. The van der Waals surface area contributed by atoms with E-state index < -0.39 is 42.0 Å². The largest absolute Gasteiger partial charge is 0.496 e. The SMILES string of the molecule is COc1cc(-c2ccccc2)ccc1C(=O)N1[C@@H](c2ccccc2Cl)CC[C@H]1C(=O)O.O=C(O)[C@@H]1CC[C@H](c2ccccc2Cl)N1C(=O)c1cnc(-c2ccccc2)cn1. The van der Waals surface area contributed by atoms with Crippen LogP contribution in [0.2, 0.25) is 10.0 Å². The van der Waals surface area contributed by atoms with Gasteiger partial charge in [0, 0.05) is 15.6 Å². The highest BCUT2D eigenvalue weighted by molar-refractivity contribution is 6.31. The number of carboxylic acids is 2. The van der Waals surface area contributed by atoms with Crippen LogP contribution in [0.4, 0.5) is 0 Å². The van der Waals surface area contributed by atoms with E-state index in [4.69, 9.17) is 27.9 Å². The summed E-state index contributed by atoms with van der Waals surface area (Å²) in [5.41, 5.74) is 5.35. The summed E-state index contributed by atoms with van der Waals surface area (Å²) in [6.07, 6.45) is 4.68. The van der Waals surface area contributed by atoms with E-state index in [0.29, 0.717) is 52.7 Å². The monoisotopic (exact) mass is 842 g/mol. The fourth-order valence-electron chi connectivity index (χ4n) is 7.92. The molecule has 0 unspecified atom stereocenters. The Bertz CT molecular complexity index is 2510. The third kappa shape index (κ3) is 8.73. The molecule has 4 atom stereocenters. The Morgan fingerprint density at radius 1 is 0.583 bits per heavy atom. The summed E-state index contributed by atoms with van der Waals surface area (Å²) in [6.45, 7) is 0. The van der Waals surface area contributed by atoms with Crippen molar-refractivity contribution in [2.24, 2.45) is 0 Å². The van der Waals surface area contributed by atoms with E-state index in [9.17, 15) is 29.4 Å². The maximum absolute atomic E-state index is 13.6. The zero-order valence-electron chi connectivity index (χ0n) is 32.4. The Hall–Kier alpha value is -6.56. The van der Waals surface area contributed by atoms with Crippen molar-refractivity contribution in [2.75, 3.05) is 7.11 Å². The second-order valence-electron chi connectivity index (χ2n) is 14.3. The van der Waals surface area contributed by atoms with Crippen LogP contribution in [0.5, 0.6) is 5.75 Å². The highest BCUT2D eigenvalue weighted by atomic mass is 35.5. The van der Waals surface area contributed by atoms with Gasteiger partial charge in [0.15, 0.2) is 0 Å². The van der Waals surface area contributed by atoms with Gasteiger partial charge in [-0.2, -0.15) is 0 Å². The van der Waals surface area contributed by atoms with Crippen LogP contribution in [-0.2, 0) is 9.59 Å². The van der Waals surface area contributed by atoms with Crippen molar-refractivity contribution in [1.29, 1.82) is 0 Å². The number of halogens is 2. The number of aliphatic carboxylic acids is 2. The number of ether oxygens (including phenoxy) is 1. The first-order valence-corrected chi connectivity index (χ1v) is 20.0. The van der Waals surface area contributed by atoms with Gasteiger partial charge in [-0.25, -0.2) is 14.6 Å². The van der Waals surface area contributed by atoms with Crippen molar-refractivity contribution in [3.05, 3.63) is 172 Å². The van der Waals surface area contributed by atoms with Crippen molar-refractivity contribution >= 4 is 47.0 Å². The van der Waals surface area contributed by atoms with Crippen LogP contribution in [0.15, 0.2) is 140 Å². The first-order valence-electron chi connectivity index (χ1n) is 19.3. The molecule has 0 spiro atoms. The first-order chi connectivity index (χ1) is 29.1. The Morgan fingerprint density at radius 3 is 1.57 bits per heavy atom. The average Bonchev–Trinajstić information content (AvgIpc) is 3.93. The number of likely N-dealkylation sites (tertiary alicyclic amines) is 2. The third-order valence-electron chi connectivity index (χ3n) is 10.8. The molecule has 2 amide bonds. The van der Waals surface area contributed by atoms with Gasteiger partial charge in [-0.15, -0.1) is 0 Å². The summed E-state index contributed by atoms with van der Waals surface area (Å²) in [5, 5.41) is 20.4. The minimum absolute atomic E-state index is 0.106. The third-order valence-corrected chi connectivity index (χ3v) is 11.5. The number of carbonyl (C=O) groups excluding carboxylic acids is 2. The summed E-state index contributed by atoms with van der Waals surface area (Å²) < 4.78 is 5.53. The van der Waals surface area contributed by atoms with E-state index in [0.717, 1.165) is 27.8 Å². The summed E-state index contributed by atoms with van der Waals surface area (Å²) in [5.74, 6) is -2.51. The number of nitrogens with zero attached hydrogens (tertiary/aromatic N) is 4. The summed E-state index contributed by atoms with van der Waals surface area (Å²) in [4.78, 5) is 62.0. The highest BCUT2D eigenvalue weighted by Gasteiger charge is 2.44. The zero-order chi connectivity index (χ0) is 42.3. The molecule has 0 radical (unpaired) electrons. The number of hydrogen-bond donors (Lipinski definition) is 2. The van der Waals surface area contributed by atoms with Gasteiger partial charge in [0.05, 0.1) is 42.8 Å². The first kappa shape index (κ1) is 41.6. The van der Waals surface area contributed by atoms with Crippen molar-refractivity contribution in [1.82, 2.24) is 19.8 Å². The molecule has 3 heterocycles. The van der Waals surface area contributed by atoms with E-state index in [2.05, 4.69) is 9.97 Å². The van der Waals surface area contributed by atoms with E-state index in [1.54, 1.807) is 30.3 Å². The van der Waals surface area contributed by atoms with E-state index >= 15 is 0 Å². The summed E-state index contributed by atoms with van der Waals surface area (Å²) in [7, 11) is 1.51. The van der Waals surface area contributed by atoms with Crippen molar-refractivity contribution < 1.29 is 34.1 Å². The van der Waals surface area contributed by atoms with Gasteiger partial charge in [0.1, 0.15) is 23.5 Å². The van der Waals surface area contributed by atoms with E-state index in [1.165, 1.54) is 29.3 Å². The Balaban J connectivity index is 0.000000182. The predicted molar refractivity (Wildman–Crippen MR) is 228 cm³/mol.